The summed E-state index contributed by atoms with van der Waals surface area (Å²) in [7, 11) is 0. The van der Waals surface area contributed by atoms with E-state index in [0.29, 0.717) is 6.61 Å². The van der Waals surface area contributed by atoms with Crippen molar-refractivity contribution in [3.05, 3.63) is 93.7 Å². The summed E-state index contributed by atoms with van der Waals surface area (Å²) in [4.78, 5) is 0. The van der Waals surface area contributed by atoms with Crippen molar-refractivity contribution in [2.75, 3.05) is 6.61 Å². The highest BCUT2D eigenvalue weighted by Crippen LogP contribution is 2.48. The topological polar surface area (TPSA) is 34.1 Å². The highest BCUT2D eigenvalue weighted by molar-refractivity contribution is 9.10. The summed E-state index contributed by atoms with van der Waals surface area (Å²) < 4.78 is 26.4. The Morgan fingerprint density at radius 2 is 1.87 bits per heavy atom. The van der Waals surface area contributed by atoms with Gasteiger partial charge in [0.1, 0.15) is 17.3 Å². The van der Waals surface area contributed by atoms with Gasteiger partial charge in [-0.05, 0) is 67.1 Å². The average Bonchev–Trinajstić information content (AvgIpc) is 3.21. The number of hydrazone groups is 1. The van der Waals surface area contributed by atoms with Gasteiger partial charge in [0.2, 0.25) is 6.23 Å². The zero-order chi connectivity index (χ0) is 20.7. The predicted octanol–water partition coefficient (Wildman–Crippen LogP) is 6.23. The number of hydrogen-bond acceptors (Lipinski definition) is 4. The monoisotopic (exact) mass is 466 g/mol. The largest absolute Gasteiger partial charge is 0.494 e. The van der Waals surface area contributed by atoms with Gasteiger partial charge in [0, 0.05) is 22.0 Å². The number of benzene rings is 3. The Labute approximate surface area is 183 Å². The Morgan fingerprint density at radius 3 is 2.60 bits per heavy atom. The first-order chi connectivity index (χ1) is 14.6. The number of nitrogens with zero attached hydrogens (tertiary/aromatic N) is 2. The molecule has 0 fully saturated rings. The molecule has 3 aromatic rings. The van der Waals surface area contributed by atoms with E-state index in [-0.39, 0.29) is 11.9 Å². The molecule has 0 aliphatic carbocycles. The summed E-state index contributed by atoms with van der Waals surface area (Å²) in [6, 6.07) is 20.5. The van der Waals surface area contributed by atoms with Gasteiger partial charge in [0.25, 0.3) is 0 Å². The van der Waals surface area contributed by atoms with E-state index in [0.717, 1.165) is 44.8 Å². The van der Waals surface area contributed by atoms with Crippen LogP contribution in [0.3, 0.4) is 0 Å². The van der Waals surface area contributed by atoms with E-state index < -0.39 is 6.23 Å². The minimum atomic E-state index is -0.413. The molecule has 2 aliphatic heterocycles. The van der Waals surface area contributed by atoms with Crippen LogP contribution < -0.4 is 9.47 Å². The van der Waals surface area contributed by atoms with Crippen LogP contribution in [0, 0.1) is 5.82 Å². The van der Waals surface area contributed by atoms with Gasteiger partial charge in [0.05, 0.1) is 18.4 Å². The van der Waals surface area contributed by atoms with E-state index in [1.54, 1.807) is 12.1 Å². The Hall–Kier alpha value is -2.86. The quantitative estimate of drug-likeness (QED) is 0.456. The summed E-state index contributed by atoms with van der Waals surface area (Å²) in [5.74, 6) is 1.41. The molecule has 0 aromatic heterocycles. The fourth-order valence-electron chi connectivity index (χ4n) is 3.99. The molecule has 6 heteroatoms. The first-order valence-corrected chi connectivity index (χ1v) is 10.7. The van der Waals surface area contributed by atoms with Crippen LogP contribution in [-0.2, 0) is 0 Å². The van der Waals surface area contributed by atoms with E-state index >= 15 is 0 Å². The highest BCUT2D eigenvalue weighted by atomic mass is 79.9. The van der Waals surface area contributed by atoms with Gasteiger partial charge in [-0.3, -0.25) is 0 Å². The Balaban J connectivity index is 1.54. The summed E-state index contributed by atoms with van der Waals surface area (Å²) in [6.07, 6.45) is 0.350. The standard InChI is InChI=1S/C24H20BrFN2O2/c1-2-29-19-10-5-15(6-11-19)21-14-22-20-13-17(25)7-12-23(20)30-24(28(22)27-21)16-3-8-18(26)9-4-16/h3-13,22,24H,2,14H2,1H3/t22-,24+/m1/s1. The lowest BCUT2D eigenvalue weighted by atomic mass is 9.96. The third-order valence-electron chi connectivity index (χ3n) is 5.41. The summed E-state index contributed by atoms with van der Waals surface area (Å²) in [5.41, 5.74) is 4.01. The van der Waals surface area contributed by atoms with Gasteiger partial charge in [-0.15, -0.1) is 0 Å². The van der Waals surface area contributed by atoms with Crippen molar-refractivity contribution in [1.82, 2.24) is 5.01 Å². The average molecular weight is 467 g/mol. The molecule has 0 radical (unpaired) electrons. The van der Waals surface area contributed by atoms with E-state index in [9.17, 15) is 4.39 Å². The first kappa shape index (κ1) is 19.1. The molecule has 152 valence electrons. The maximum absolute atomic E-state index is 13.5. The third-order valence-corrected chi connectivity index (χ3v) is 5.90. The molecule has 0 N–H and O–H groups in total. The molecular weight excluding hydrogens is 447 g/mol. The van der Waals surface area contributed by atoms with Gasteiger partial charge in [0.15, 0.2) is 0 Å². The molecule has 2 atom stereocenters. The van der Waals surface area contributed by atoms with Gasteiger partial charge in [-0.1, -0.05) is 28.1 Å². The fraction of sp³-hybridized carbons (Fsp3) is 0.208. The lowest BCUT2D eigenvalue weighted by Gasteiger charge is -2.38. The Morgan fingerprint density at radius 1 is 1.10 bits per heavy atom. The molecule has 30 heavy (non-hydrogen) atoms. The van der Waals surface area contributed by atoms with Crippen LogP contribution in [-0.4, -0.2) is 17.3 Å². The fourth-order valence-corrected chi connectivity index (χ4v) is 4.37. The van der Waals surface area contributed by atoms with Gasteiger partial charge >= 0.3 is 0 Å². The predicted molar refractivity (Wildman–Crippen MR) is 117 cm³/mol. The minimum Gasteiger partial charge on any atom is -0.494 e. The van der Waals surface area contributed by atoms with Crippen LogP contribution >= 0.6 is 15.9 Å². The van der Waals surface area contributed by atoms with Crippen molar-refractivity contribution < 1.29 is 13.9 Å². The lowest BCUT2D eigenvalue weighted by Crippen LogP contribution is -2.33. The molecule has 0 saturated heterocycles. The Bertz CT molecular complexity index is 1100. The van der Waals surface area contributed by atoms with Crippen molar-refractivity contribution >= 4 is 21.6 Å². The van der Waals surface area contributed by atoms with E-state index in [4.69, 9.17) is 14.6 Å². The van der Waals surface area contributed by atoms with Crippen LogP contribution in [0.1, 0.15) is 42.3 Å². The molecular formula is C24H20BrFN2O2. The molecule has 0 amide bonds. The van der Waals surface area contributed by atoms with Gasteiger partial charge < -0.3 is 9.47 Å². The van der Waals surface area contributed by atoms with Crippen LogP contribution in [0.5, 0.6) is 11.5 Å². The van der Waals surface area contributed by atoms with Crippen molar-refractivity contribution in [3.63, 3.8) is 0 Å². The molecule has 2 heterocycles. The molecule has 5 rings (SSSR count). The van der Waals surface area contributed by atoms with Gasteiger partial charge in [-0.25, -0.2) is 9.40 Å². The van der Waals surface area contributed by atoms with Crippen LogP contribution in [0.15, 0.2) is 76.3 Å². The van der Waals surface area contributed by atoms with Crippen LogP contribution in [0.2, 0.25) is 0 Å². The zero-order valence-electron chi connectivity index (χ0n) is 16.4. The maximum atomic E-state index is 13.5. The van der Waals surface area contributed by atoms with E-state index in [2.05, 4.69) is 22.0 Å². The number of rotatable bonds is 4. The second-order valence-corrected chi connectivity index (χ2v) is 8.22. The molecule has 0 saturated carbocycles. The molecule has 2 aliphatic rings. The first-order valence-electron chi connectivity index (χ1n) is 9.93. The van der Waals surface area contributed by atoms with E-state index in [1.807, 2.05) is 48.3 Å². The molecule has 0 unspecified atom stereocenters. The van der Waals surface area contributed by atoms with Crippen molar-refractivity contribution in [1.29, 1.82) is 0 Å². The highest BCUT2D eigenvalue weighted by Gasteiger charge is 2.41. The second kappa shape index (κ2) is 7.76. The summed E-state index contributed by atoms with van der Waals surface area (Å²) in [5, 5.41) is 6.93. The third kappa shape index (κ3) is 3.45. The number of hydrogen-bond donors (Lipinski definition) is 0. The lowest BCUT2D eigenvalue weighted by molar-refractivity contribution is -0.0191. The van der Waals surface area contributed by atoms with Crippen molar-refractivity contribution in [2.45, 2.75) is 25.6 Å². The van der Waals surface area contributed by atoms with Crippen LogP contribution in [0.4, 0.5) is 4.39 Å². The summed E-state index contributed by atoms with van der Waals surface area (Å²) >= 11 is 3.57. The maximum Gasteiger partial charge on any atom is 0.213 e. The minimum absolute atomic E-state index is 0.0443. The SMILES string of the molecule is CCOc1ccc(C2=NN3[C@H](C2)c2cc(Br)ccc2O[C@H]3c2ccc(F)cc2)cc1. The number of fused-ring (bicyclic) bond motifs is 3. The second-order valence-electron chi connectivity index (χ2n) is 7.31. The number of ether oxygens (including phenoxy) is 2. The molecule has 3 aromatic carbocycles. The smallest absolute Gasteiger partial charge is 0.213 e. The Kier molecular flexibility index (Phi) is 4.95. The van der Waals surface area contributed by atoms with Crippen molar-refractivity contribution in [3.8, 4) is 11.5 Å². The molecule has 0 spiro atoms. The number of halogens is 2. The summed E-state index contributed by atoms with van der Waals surface area (Å²) in [6.45, 7) is 2.61. The molecule has 0 bridgehead atoms. The normalized spacial score (nSPS) is 19.6. The van der Waals surface area contributed by atoms with Crippen molar-refractivity contribution in [2.24, 2.45) is 5.10 Å². The molecule has 4 nitrogen and oxygen atoms in total. The van der Waals surface area contributed by atoms with Gasteiger partial charge in [-0.2, -0.15) is 5.10 Å². The van der Waals surface area contributed by atoms with Crippen LogP contribution in [0.25, 0.3) is 0 Å². The van der Waals surface area contributed by atoms with E-state index in [1.165, 1.54) is 12.1 Å². The zero-order valence-corrected chi connectivity index (χ0v) is 18.0.